The van der Waals surface area contributed by atoms with Gasteiger partial charge in [-0.1, -0.05) is 48.2 Å². The van der Waals surface area contributed by atoms with Crippen LogP contribution in [0.5, 0.6) is 5.75 Å². The Morgan fingerprint density at radius 2 is 1.66 bits per heavy atom. The third-order valence-electron chi connectivity index (χ3n) is 6.94. The summed E-state index contributed by atoms with van der Waals surface area (Å²) in [7, 11) is 0. The summed E-state index contributed by atoms with van der Waals surface area (Å²) in [6, 6.07) is 24.5. The topological polar surface area (TPSA) is 76.5 Å². The van der Waals surface area contributed by atoms with Crippen LogP contribution in [0.15, 0.2) is 82.6 Å². The summed E-state index contributed by atoms with van der Waals surface area (Å²) in [6.07, 6.45) is 0.969. The van der Waals surface area contributed by atoms with Crippen LogP contribution in [-0.2, 0) is 11.3 Å². The summed E-state index contributed by atoms with van der Waals surface area (Å²) in [4.78, 5) is 20.2. The lowest BCUT2D eigenvalue weighted by Gasteiger charge is -2.35. The molecule has 1 saturated heterocycles. The van der Waals surface area contributed by atoms with Crippen molar-refractivity contribution in [1.82, 2.24) is 9.80 Å². The van der Waals surface area contributed by atoms with Gasteiger partial charge in [-0.25, -0.2) is 0 Å². The first-order chi connectivity index (χ1) is 18.6. The first-order valence-corrected chi connectivity index (χ1v) is 14.1. The summed E-state index contributed by atoms with van der Waals surface area (Å²) in [5, 5.41) is 20.8. The smallest absolute Gasteiger partial charge is 0.222 e. The van der Waals surface area contributed by atoms with E-state index >= 15 is 0 Å². The highest BCUT2D eigenvalue weighted by Crippen LogP contribution is 2.47. The Kier molecular flexibility index (Phi) is 8.86. The molecule has 0 aliphatic carbocycles. The number of carbonyl (C=O) groups excluding carboxylic acids is 1. The van der Waals surface area contributed by atoms with Gasteiger partial charge in [0.2, 0.25) is 5.91 Å². The van der Waals surface area contributed by atoms with Gasteiger partial charge in [0, 0.05) is 42.4 Å². The Bertz CT molecular complexity index is 1180. The van der Waals surface area contributed by atoms with Crippen molar-refractivity contribution in [3.8, 4) is 5.75 Å². The minimum Gasteiger partial charge on any atom is -0.492 e. The zero-order valence-electron chi connectivity index (χ0n) is 21.5. The molecule has 2 N–H and O–H groups in total. The predicted molar refractivity (Wildman–Crippen MR) is 150 cm³/mol. The highest BCUT2D eigenvalue weighted by atomic mass is 32.2. The van der Waals surface area contributed by atoms with Crippen molar-refractivity contribution in [2.24, 2.45) is 0 Å². The van der Waals surface area contributed by atoms with Gasteiger partial charge < -0.3 is 24.7 Å². The molecular formula is C30H35N3O4S. The fourth-order valence-electron chi connectivity index (χ4n) is 5.08. The van der Waals surface area contributed by atoms with Gasteiger partial charge in [-0.05, 0) is 48.4 Å². The molecule has 2 aliphatic rings. The number of benzene rings is 3. The minimum absolute atomic E-state index is 0.0230. The summed E-state index contributed by atoms with van der Waals surface area (Å²) < 4.78 is 5.84. The van der Waals surface area contributed by atoms with E-state index in [9.17, 15) is 15.0 Å². The second-order valence-electron chi connectivity index (χ2n) is 9.74. The summed E-state index contributed by atoms with van der Waals surface area (Å²) in [5.74, 6) is 0.983. The maximum Gasteiger partial charge on any atom is 0.222 e. The van der Waals surface area contributed by atoms with Crippen molar-refractivity contribution in [3.05, 3.63) is 78.4 Å². The average Bonchev–Trinajstić information content (AvgIpc) is 3.34. The number of rotatable bonds is 12. The van der Waals surface area contributed by atoms with E-state index in [4.69, 9.17) is 4.74 Å². The number of ether oxygens (including phenoxy) is 1. The number of hydrogen-bond donors (Lipinski definition) is 2. The fourth-order valence-corrected chi connectivity index (χ4v) is 6.18. The van der Waals surface area contributed by atoms with Crippen LogP contribution in [0.2, 0.25) is 0 Å². The maximum absolute atomic E-state index is 11.7. The van der Waals surface area contributed by atoms with Gasteiger partial charge in [-0.3, -0.25) is 9.69 Å². The molecule has 200 valence electrons. The van der Waals surface area contributed by atoms with Gasteiger partial charge in [-0.2, -0.15) is 0 Å². The Morgan fingerprint density at radius 3 is 2.29 bits per heavy atom. The van der Waals surface area contributed by atoms with Gasteiger partial charge in [0.05, 0.1) is 37.2 Å². The number of aliphatic hydroxyl groups is 2. The van der Waals surface area contributed by atoms with E-state index in [2.05, 4.69) is 34.1 Å². The van der Waals surface area contributed by atoms with Gasteiger partial charge in [0.15, 0.2) is 0 Å². The van der Waals surface area contributed by atoms with Gasteiger partial charge in [0.25, 0.3) is 0 Å². The van der Waals surface area contributed by atoms with Crippen LogP contribution in [0.25, 0.3) is 0 Å². The molecule has 0 aromatic heterocycles. The Labute approximate surface area is 228 Å². The number of fused-ring (bicyclic) bond motifs is 2. The molecule has 2 aliphatic heterocycles. The zero-order chi connectivity index (χ0) is 26.3. The van der Waals surface area contributed by atoms with E-state index in [0.29, 0.717) is 45.8 Å². The van der Waals surface area contributed by atoms with Crippen molar-refractivity contribution in [3.63, 3.8) is 0 Å². The lowest BCUT2D eigenvalue weighted by atomic mass is 10.1. The predicted octanol–water partition coefficient (Wildman–Crippen LogP) is 4.15. The summed E-state index contributed by atoms with van der Waals surface area (Å²) in [5.41, 5.74) is 3.29. The first-order valence-electron chi connectivity index (χ1n) is 13.2. The molecule has 8 heteroatoms. The van der Waals surface area contributed by atoms with Crippen LogP contribution in [0, 0.1) is 0 Å². The van der Waals surface area contributed by atoms with Gasteiger partial charge in [-0.15, -0.1) is 0 Å². The fraction of sp³-hybridized carbons (Fsp3) is 0.367. The first kappa shape index (κ1) is 26.6. The van der Waals surface area contributed by atoms with Gasteiger partial charge in [0.1, 0.15) is 12.4 Å². The molecule has 1 fully saturated rings. The molecule has 3 aromatic rings. The molecule has 0 bridgehead atoms. The van der Waals surface area contributed by atoms with Crippen LogP contribution < -0.4 is 9.64 Å². The SMILES string of the molecule is O=C1CCCN1CCOc1ccc(CN(CCO)C[C@@H](O)CN2c3ccccc3Sc3ccccc32)cc1. The number of aliphatic hydroxyl groups excluding tert-OH is 2. The van der Waals surface area contributed by atoms with E-state index in [1.165, 1.54) is 9.79 Å². The van der Waals surface area contributed by atoms with Crippen LogP contribution >= 0.6 is 11.8 Å². The molecule has 2 heterocycles. The van der Waals surface area contributed by atoms with Crippen molar-refractivity contribution in [2.45, 2.75) is 35.3 Å². The van der Waals surface area contributed by atoms with Crippen molar-refractivity contribution in [1.29, 1.82) is 0 Å². The van der Waals surface area contributed by atoms with E-state index in [1.807, 2.05) is 53.4 Å². The van der Waals surface area contributed by atoms with Crippen molar-refractivity contribution < 1.29 is 19.7 Å². The Morgan fingerprint density at radius 1 is 0.974 bits per heavy atom. The van der Waals surface area contributed by atoms with E-state index in [1.54, 1.807) is 11.8 Å². The van der Waals surface area contributed by atoms with Gasteiger partial charge >= 0.3 is 0 Å². The third-order valence-corrected chi connectivity index (χ3v) is 8.07. The minimum atomic E-state index is -0.610. The summed E-state index contributed by atoms with van der Waals surface area (Å²) in [6.45, 7) is 3.94. The molecule has 0 radical (unpaired) electrons. The molecule has 38 heavy (non-hydrogen) atoms. The van der Waals surface area contributed by atoms with Crippen molar-refractivity contribution in [2.75, 3.05) is 50.8 Å². The molecule has 0 unspecified atom stereocenters. The second-order valence-corrected chi connectivity index (χ2v) is 10.8. The van der Waals surface area contributed by atoms with E-state index in [-0.39, 0.29) is 12.5 Å². The molecule has 0 saturated carbocycles. The number of β-amino-alcohol motifs (C(OH)–C–C–N with tert-alkyl or cyclic N) is 1. The maximum atomic E-state index is 11.7. The van der Waals surface area contributed by atoms with E-state index < -0.39 is 6.10 Å². The Hall–Kier alpha value is -3.04. The van der Waals surface area contributed by atoms with Crippen LogP contribution in [0.4, 0.5) is 11.4 Å². The number of para-hydroxylation sites is 2. The van der Waals surface area contributed by atoms with Crippen molar-refractivity contribution >= 4 is 29.0 Å². The average molecular weight is 534 g/mol. The molecule has 3 aromatic carbocycles. The molecular weight excluding hydrogens is 498 g/mol. The van der Waals surface area contributed by atoms with Crippen LogP contribution in [-0.4, -0.2) is 78.0 Å². The third kappa shape index (κ3) is 6.50. The molecule has 1 amide bonds. The Balaban J connectivity index is 1.18. The number of amides is 1. The lowest BCUT2D eigenvalue weighted by molar-refractivity contribution is -0.128. The lowest BCUT2D eigenvalue weighted by Crippen LogP contribution is -2.40. The molecule has 7 nitrogen and oxygen atoms in total. The highest BCUT2D eigenvalue weighted by molar-refractivity contribution is 7.99. The van der Waals surface area contributed by atoms with E-state index in [0.717, 1.165) is 35.7 Å². The second kappa shape index (κ2) is 12.7. The largest absolute Gasteiger partial charge is 0.492 e. The molecule has 0 spiro atoms. The van der Waals surface area contributed by atoms with Crippen LogP contribution in [0.1, 0.15) is 18.4 Å². The standard InChI is InChI=1S/C30H35N3O4S/c34-18-16-31(20-23-11-13-25(14-12-23)37-19-17-32-15-5-10-30(32)36)21-24(35)22-33-26-6-1-3-8-28(26)38-29-9-4-2-7-27(29)33/h1-4,6-9,11-14,24,34-35H,5,10,15-22H2/t24-/m1/s1. The highest BCUT2D eigenvalue weighted by Gasteiger charge is 2.25. The number of nitrogens with zero attached hydrogens (tertiary/aromatic N) is 3. The monoisotopic (exact) mass is 533 g/mol. The molecule has 1 atom stereocenters. The number of likely N-dealkylation sites (tertiary alicyclic amines) is 1. The number of hydrogen-bond acceptors (Lipinski definition) is 7. The zero-order valence-corrected chi connectivity index (χ0v) is 22.4. The number of anilines is 2. The number of carbonyl (C=O) groups is 1. The summed E-state index contributed by atoms with van der Waals surface area (Å²) >= 11 is 1.76. The molecule has 5 rings (SSSR count). The quantitative estimate of drug-likeness (QED) is 0.362. The van der Waals surface area contributed by atoms with Crippen LogP contribution in [0.3, 0.4) is 0 Å². The normalized spacial score (nSPS) is 15.5.